The van der Waals surface area contributed by atoms with Crippen LogP contribution in [-0.4, -0.2) is 44.7 Å². The van der Waals surface area contributed by atoms with Crippen LogP contribution in [0.5, 0.6) is 11.5 Å². The maximum atomic E-state index is 12.2. The molecule has 0 aromatic heterocycles. The van der Waals surface area contributed by atoms with Crippen LogP contribution in [0.1, 0.15) is 11.1 Å². The smallest absolute Gasteiger partial charge is 0.241 e. The predicted octanol–water partition coefficient (Wildman–Crippen LogP) is 2.21. The van der Waals surface area contributed by atoms with Gasteiger partial charge in [-0.15, -0.1) is 0 Å². The number of benzene rings is 2. The van der Waals surface area contributed by atoms with Crippen molar-refractivity contribution in [1.29, 1.82) is 0 Å². The van der Waals surface area contributed by atoms with Gasteiger partial charge in [0, 0.05) is 20.7 Å². The molecule has 0 bridgehead atoms. The lowest BCUT2D eigenvalue weighted by molar-refractivity contribution is -0.132. The number of hydrogen-bond donors (Lipinski definition) is 1. The number of nitrogens with zero attached hydrogens (tertiary/aromatic N) is 1. The minimum absolute atomic E-state index is 0.171. The average molecular weight is 358 g/mol. The number of carbonyl (C=O) groups is 1. The van der Waals surface area contributed by atoms with E-state index in [1.165, 1.54) is 7.11 Å². The number of methoxy groups -OCH3 is 2. The van der Waals surface area contributed by atoms with Gasteiger partial charge in [-0.25, -0.2) is 0 Å². The summed E-state index contributed by atoms with van der Waals surface area (Å²) in [5, 5.41) is 0. The molecule has 0 radical (unpaired) electrons. The van der Waals surface area contributed by atoms with E-state index in [4.69, 9.17) is 19.9 Å². The van der Waals surface area contributed by atoms with E-state index in [0.29, 0.717) is 24.7 Å². The summed E-state index contributed by atoms with van der Waals surface area (Å²) in [5.41, 5.74) is 7.80. The number of nitrogens with two attached hydrogens (primary N) is 1. The maximum Gasteiger partial charge on any atom is 0.241 e. The van der Waals surface area contributed by atoms with Crippen LogP contribution < -0.4 is 15.2 Å². The highest BCUT2D eigenvalue weighted by atomic mass is 16.5. The first kappa shape index (κ1) is 19.8. The van der Waals surface area contributed by atoms with E-state index in [1.807, 2.05) is 48.5 Å². The second kappa shape index (κ2) is 9.79. The lowest BCUT2D eigenvalue weighted by Gasteiger charge is -2.21. The van der Waals surface area contributed by atoms with E-state index in [2.05, 4.69) is 0 Å². The molecule has 0 saturated carbocycles. The maximum absolute atomic E-state index is 12.2. The van der Waals surface area contributed by atoms with E-state index < -0.39 is 6.04 Å². The van der Waals surface area contributed by atoms with E-state index in [-0.39, 0.29) is 12.5 Å². The molecule has 2 N–H and O–H groups in total. The molecule has 2 aromatic rings. The van der Waals surface area contributed by atoms with Crippen LogP contribution in [-0.2, 0) is 22.7 Å². The normalized spacial score (nSPS) is 11.7. The highest BCUT2D eigenvalue weighted by Gasteiger charge is 2.18. The molecule has 1 amide bonds. The second-order valence-corrected chi connectivity index (χ2v) is 6.02. The Hall–Kier alpha value is -2.57. The van der Waals surface area contributed by atoms with E-state index in [9.17, 15) is 4.79 Å². The summed E-state index contributed by atoms with van der Waals surface area (Å²) >= 11 is 0. The summed E-state index contributed by atoms with van der Waals surface area (Å²) in [4.78, 5) is 13.8. The third-order valence-corrected chi connectivity index (χ3v) is 3.92. The van der Waals surface area contributed by atoms with Crippen molar-refractivity contribution in [3.8, 4) is 11.5 Å². The molecule has 0 fully saturated rings. The van der Waals surface area contributed by atoms with Gasteiger partial charge in [0.25, 0.3) is 0 Å². The first-order valence-corrected chi connectivity index (χ1v) is 8.38. The second-order valence-electron chi connectivity index (χ2n) is 6.02. The Morgan fingerprint density at radius 3 is 2.46 bits per heavy atom. The van der Waals surface area contributed by atoms with Crippen LogP contribution in [0.2, 0.25) is 0 Å². The van der Waals surface area contributed by atoms with Crippen molar-refractivity contribution < 1.29 is 19.0 Å². The van der Waals surface area contributed by atoms with Crippen molar-refractivity contribution >= 4 is 5.91 Å². The molecule has 6 heteroatoms. The lowest BCUT2D eigenvalue weighted by Crippen LogP contribution is -2.44. The molecule has 0 saturated heterocycles. The number of rotatable bonds is 9. The van der Waals surface area contributed by atoms with Gasteiger partial charge in [0.2, 0.25) is 5.91 Å². The quantitative estimate of drug-likeness (QED) is 0.744. The van der Waals surface area contributed by atoms with Crippen LogP contribution in [0.3, 0.4) is 0 Å². The molecule has 2 aromatic carbocycles. The van der Waals surface area contributed by atoms with Crippen molar-refractivity contribution in [2.24, 2.45) is 5.73 Å². The third kappa shape index (κ3) is 5.47. The predicted molar refractivity (Wildman–Crippen MR) is 100 cm³/mol. The van der Waals surface area contributed by atoms with Crippen LogP contribution in [0.15, 0.2) is 48.5 Å². The van der Waals surface area contributed by atoms with Crippen molar-refractivity contribution in [3.63, 3.8) is 0 Å². The third-order valence-electron chi connectivity index (χ3n) is 3.92. The van der Waals surface area contributed by atoms with Crippen LogP contribution in [0, 0.1) is 0 Å². The first-order chi connectivity index (χ1) is 12.5. The van der Waals surface area contributed by atoms with Gasteiger partial charge >= 0.3 is 0 Å². The van der Waals surface area contributed by atoms with Gasteiger partial charge in [-0.1, -0.05) is 36.4 Å². The Labute approximate surface area is 154 Å². The number of likely N-dealkylation sites (N-methyl/N-ethyl adjacent to an activating group) is 1. The number of amides is 1. The standard InChI is InChI=1S/C20H26N2O4/c1-22(20(23)17(21)14-24-2)12-16-9-10-18(19(11-16)25-3)26-13-15-7-5-4-6-8-15/h4-11,17H,12-14,21H2,1-3H3. The minimum Gasteiger partial charge on any atom is -0.493 e. The molecule has 1 unspecified atom stereocenters. The molecule has 1 atom stereocenters. The average Bonchev–Trinajstić information content (AvgIpc) is 2.67. The van der Waals surface area contributed by atoms with E-state index in [0.717, 1.165) is 11.1 Å². The van der Waals surface area contributed by atoms with Gasteiger partial charge in [0.1, 0.15) is 12.6 Å². The zero-order valence-electron chi connectivity index (χ0n) is 15.5. The fraction of sp³-hybridized carbons (Fsp3) is 0.350. The Morgan fingerprint density at radius 1 is 1.08 bits per heavy atom. The summed E-state index contributed by atoms with van der Waals surface area (Å²) in [6, 6.07) is 14.9. The molecular weight excluding hydrogens is 332 g/mol. The van der Waals surface area contributed by atoms with Crippen LogP contribution in [0.25, 0.3) is 0 Å². The zero-order valence-corrected chi connectivity index (χ0v) is 15.5. The highest BCUT2D eigenvalue weighted by Crippen LogP contribution is 2.29. The molecule has 6 nitrogen and oxygen atoms in total. The molecule has 0 aliphatic rings. The van der Waals surface area contributed by atoms with Gasteiger partial charge in [-0.2, -0.15) is 0 Å². The largest absolute Gasteiger partial charge is 0.493 e. The van der Waals surface area contributed by atoms with Crippen molar-refractivity contribution in [2.75, 3.05) is 27.9 Å². The van der Waals surface area contributed by atoms with E-state index >= 15 is 0 Å². The van der Waals surface area contributed by atoms with E-state index in [1.54, 1.807) is 19.1 Å². The van der Waals surface area contributed by atoms with Gasteiger partial charge in [0.15, 0.2) is 11.5 Å². The monoisotopic (exact) mass is 358 g/mol. The summed E-state index contributed by atoms with van der Waals surface area (Å²) in [6.07, 6.45) is 0. The zero-order chi connectivity index (χ0) is 18.9. The Morgan fingerprint density at radius 2 is 1.81 bits per heavy atom. The van der Waals surface area contributed by atoms with Crippen molar-refractivity contribution in [3.05, 3.63) is 59.7 Å². The topological polar surface area (TPSA) is 74.0 Å². The SMILES string of the molecule is COCC(N)C(=O)N(C)Cc1ccc(OCc2ccccc2)c(OC)c1. The number of ether oxygens (including phenoxy) is 3. The Bertz CT molecular complexity index is 706. The molecule has 2 rings (SSSR count). The van der Waals surface area contributed by atoms with Crippen molar-refractivity contribution in [2.45, 2.75) is 19.2 Å². The van der Waals surface area contributed by atoms with Crippen molar-refractivity contribution in [1.82, 2.24) is 4.90 Å². The molecular formula is C20H26N2O4. The molecule has 0 aliphatic carbocycles. The fourth-order valence-corrected chi connectivity index (χ4v) is 2.55. The van der Waals surface area contributed by atoms with Crippen LogP contribution in [0.4, 0.5) is 0 Å². The molecule has 0 spiro atoms. The summed E-state index contributed by atoms with van der Waals surface area (Å²) < 4.78 is 16.2. The minimum atomic E-state index is -0.666. The molecule has 0 heterocycles. The molecule has 140 valence electrons. The van der Waals surface area contributed by atoms with Gasteiger partial charge in [-0.05, 0) is 23.3 Å². The lowest BCUT2D eigenvalue weighted by atomic mass is 10.1. The summed E-state index contributed by atoms with van der Waals surface area (Å²) in [5.74, 6) is 1.11. The Balaban J connectivity index is 2.02. The fourth-order valence-electron chi connectivity index (χ4n) is 2.55. The Kier molecular flexibility index (Phi) is 7.44. The van der Waals surface area contributed by atoms with Crippen LogP contribution >= 0.6 is 0 Å². The number of carbonyl (C=O) groups excluding carboxylic acids is 1. The summed E-state index contributed by atoms with van der Waals surface area (Å²) in [6.45, 7) is 1.07. The molecule has 26 heavy (non-hydrogen) atoms. The first-order valence-electron chi connectivity index (χ1n) is 8.38. The molecule has 0 aliphatic heterocycles. The van der Waals surface area contributed by atoms with Gasteiger partial charge < -0.3 is 24.8 Å². The highest BCUT2D eigenvalue weighted by molar-refractivity contribution is 5.81. The van der Waals surface area contributed by atoms with Gasteiger partial charge in [-0.3, -0.25) is 4.79 Å². The van der Waals surface area contributed by atoms with Gasteiger partial charge in [0.05, 0.1) is 13.7 Å². The summed E-state index contributed by atoms with van der Waals surface area (Å²) in [7, 11) is 4.83. The number of hydrogen-bond acceptors (Lipinski definition) is 5.